The van der Waals surface area contributed by atoms with Crippen molar-refractivity contribution in [2.75, 3.05) is 0 Å². The van der Waals surface area contributed by atoms with Crippen LogP contribution in [0.2, 0.25) is 0 Å². The molecule has 2 heterocycles. The number of rotatable bonds is 5. The summed E-state index contributed by atoms with van der Waals surface area (Å²) < 4.78 is 48.3. The Labute approximate surface area is 279 Å². The lowest BCUT2D eigenvalue weighted by Crippen LogP contribution is -2.02. The number of benzene rings is 7. The van der Waals surface area contributed by atoms with Gasteiger partial charge in [0.1, 0.15) is 11.5 Å². The van der Waals surface area contributed by atoms with Crippen molar-refractivity contribution in [2.45, 2.75) is 0 Å². The van der Waals surface area contributed by atoms with E-state index in [4.69, 9.17) is 26.5 Å². The molecule has 0 aliphatic carbocycles. The number of ether oxygens (including phenoxy) is 1. The fraction of sp³-hybridized carbons (Fsp3) is 0. The summed E-state index contributed by atoms with van der Waals surface area (Å²) in [5, 5.41) is 1.51. The van der Waals surface area contributed by atoms with Gasteiger partial charge >= 0.3 is 0 Å². The van der Waals surface area contributed by atoms with Gasteiger partial charge in [-0.3, -0.25) is 0 Å². The number of hydrogen-bond donors (Lipinski definition) is 0. The Morgan fingerprint density at radius 2 is 0.979 bits per heavy atom. The molecule has 1 aromatic heterocycles. The molecule has 4 nitrogen and oxygen atoms in total. The van der Waals surface area contributed by atoms with Crippen LogP contribution in [0, 0.1) is 0 Å². The maximum atomic E-state index is 8.64. The first-order valence-corrected chi connectivity index (χ1v) is 15.3. The molecule has 7 aromatic carbocycles. The van der Waals surface area contributed by atoms with E-state index in [2.05, 4.69) is 24.3 Å². The lowest BCUT2D eigenvalue weighted by molar-refractivity contribution is 0.487. The van der Waals surface area contributed by atoms with Crippen molar-refractivity contribution in [1.29, 1.82) is 0 Å². The summed E-state index contributed by atoms with van der Waals surface area (Å²) in [4.78, 5) is 14.8. The number of hydrogen-bond acceptors (Lipinski definition) is 4. The summed E-state index contributed by atoms with van der Waals surface area (Å²) in [6.45, 7) is 0. The summed E-state index contributed by atoms with van der Waals surface area (Å²) in [6, 6.07) is 41.8. The third-order valence-corrected chi connectivity index (χ3v) is 8.44. The Bertz CT molecular complexity index is 2670. The van der Waals surface area contributed by atoms with E-state index in [9.17, 15) is 0 Å². The highest BCUT2D eigenvalue weighted by atomic mass is 16.5. The van der Waals surface area contributed by atoms with Crippen LogP contribution in [0.4, 0.5) is 0 Å². The summed E-state index contributed by atoms with van der Waals surface area (Å²) in [5.74, 6) is 2.89. The molecule has 220 valence electrons. The second-order valence-electron chi connectivity index (χ2n) is 11.3. The Hall–Kier alpha value is -6.39. The second-order valence-corrected chi connectivity index (χ2v) is 11.3. The molecule has 0 radical (unpaired) electrons. The predicted molar refractivity (Wildman–Crippen MR) is 190 cm³/mol. The normalized spacial score (nSPS) is 13.1. The highest BCUT2D eigenvalue weighted by Crippen LogP contribution is 2.49. The molecular weight excluding hydrogens is 574 g/mol. The molecule has 0 N–H and O–H groups in total. The first-order chi connectivity index (χ1) is 25.4. The van der Waals surface area contributed by atoms with Gasteiger partial charge in [0, 0.05) is 27.6 Å². The third-order valence-electron chi connectivity index (χ3n) is 8.44. The largest absolute Gasteiger partial charge is 0.456 e. The Morgan fingerprint density at radius 3 is 1.70 bits per heavy atom. The van der Waals surface area contributed by atoms with E-state index in [0.29, 0.717) is 34.5 Å². The first-order valence-electron chi connectivity index (χ1n) is 17.8. The van der Waals surface area contributed by atoms with Crippen LogP contribution in [-0.4, -0.2) is 15.0 Å². The number of aromatic nitrogens is 3. The van der Waals surface area contributed by atoms with Crippen LogP contribution in [0.15, 0.2) is 164 Å². The van der Waals surface area contributed by atoms with Crippen LogP contribution in [0.25, 0.3) is 78.3 Å². The third kappa shape index (κ3) is 4.84. The quantitative estimate of drug-likeness (QED) is 0.196. The van der Waals surface area contributed by atoms with Gasteiger partial charge in [0.25, 0.3) is 0 Å². The molecular formula is C43H27N3O. The van der Waals surface area contributed by atoms with Crippen molar-refractivity contribution in [2.24, 2.45) is 0 Å². The topological polar surface area (TPSA) is 47.9 Å². The van der Waals surface area contributed by atoms with Gasteiger partial charge in [-0.1, -0.05) is 139 Å². The van der Waals surface area contributed by atoms with Crippen molar-refractivity contribution in [3.63, 3.8) is 0 Å². The van der Waals surface area contributed by atoms with Crippen LogP contribution in [0.1, 0.15) is 6.85 Å². The average molecular weight is 607 g/mol. The fourth-order valence-electron chi connectivity index (χ4n) is 6.17. The molecule has 0 fully saturated rings. The zero-order chi connectivity index (χ0) is 35.5. The smallest absolute Gasteiger partial charge is 0.164 e. The van der Waals surface area contributed by atoms with E-state index in [0.717, 1.165) is 49.7 Å². The summed E-state index contributed by atoms with van der Waals surface area (Å²) >= 11 is 0. The molecule has 0 saturated heterocycles. The van der Waals surface area contributed by atoms with Gasteiger partial charge in [-0.05, 0) is 57.5 Å². The molecule has 0 unspecified atom stereocenters. The van der Waals surface area contributed by atoms with Gasteiger partial charge in [-0.15, -0.1) is 0 Å². The van der Waals surface area contributed by atoms with E-state index < -0.39 is 6.04 Å². The Balaban J connectivity index is 1.19. The highest BCUT2D eigenvalue weighted by Gasteiger charge is 2.23. The summed E-state index contributed by atoms with van der Waals surface area (Å²) in [5.41, 5.74) is 7.12. The molecule has 1 aliphatic rings. The molecule has 0 saturated carbocycles. The van der Waals surface area contributed by atoms with E-state index in [1.165, 1.54) is 0 Å². The van der Waals surface area contributed by atoms with Crippen LogP contribution in [0.3, 0.4) is 0 Å². The van der Waals surface area contributed by atoms with E-state index in [-0.39, 0.29) is 29.7 Å². The maximum Gasteiger partial charge on any atom is 0.164 e. The van der Waals surface area contributed by atoms with Crippen LogP contribution in [-0.2, 0) is 0 Å². The van der Waals surface area contributed by atoms with Gasteiger partial charge in [0.15, 0.2) is 17.5 Å². The van der Waals surface area contributed by atoms with Gasteiger partial charge < -0.3 is 4.74 Å². The molecule has 0 atom stereocenters. The molecule has 8 aromatic rings. The average Bonchev–Trinajstić information content (AvgIpc) is 3.20. The monoisotopic (exact) mass is 606 g/mol. The standard InChI is InChI=1S/C43H27N3O/c1-4-11-28(12-5-1)29-19-21-32(22-20-29)42-44-41(31-15-8-3-9-16-31)45-43(46-42)33-23-25-38-37(27-33)36-18-10-17-35-34(30-13-6-2-7-14-30)24-26-39(47-38)40(35)36/h1-27H/i2D,6D,7D,13D,14D. The minimum absolute atomic E-state index is 0.150. The molecule has 1 aliphatic heterocycles. The minimum Gasteiger partial charge on any atom is -0.456 e. The van der Waals surface area contributed by atoms with Crippen molar-refractivity contribution in [3.05, 3.63) is 164 Å². The number of nitrogens with zero attached hydrogens (tertiary/aromatic N) is 3. The summed E-state index contributed by atoms with van der Waals surface area (Å²) in [6.07, 6.45) is 0. The second kappa shape index (κ2) is 11.2. The van der Waals surface area contributed by atoms with Crippen LogP contribution in [0.5, 0.6) is 11.5 Å². The zero-order valence-corrected chi connectivity index (χ0v) is 25.0. The van der Waals surface area contributed by atoms with E-state index in [1.807, 2.05) is 97.1 Å². The van der Waals surface area contributed by atoms with Gasteiger partial charge in [-0.25, -0.2) is 15.0 Å². The molecule has 47 heavy (non-hydrogen) atoms. The van der Waals surface area contributed by atoms with Crippen LogP contribution < -0.4 is 4.74 Å². The number of fused-ring (bicyclic) bond motifs is 2. The van der Waals surface area contributed by atoms with Crippen molar-refractivity contribution in [3.8, 4) is 79.0 Å². The lowest BCUT2D eigenvalue weighted by atomic mass is 9.90. The lowest BCUT2D eigenvalue weighted by Gasteiger charge is -2.23. The van der Waals surface area contributed by atoms with Crippen molar-refractivity contribution < 1.29 is 11.6 Å². The molecule has 0 bridgehead atoms. The maximum absolute atomic E-state index is 8.64. The van der Waals surface area contributed by atoms with Crippen molar-refractivity contribution >= 4 is 10.8 Å². The SMILES string of the molecule is [2H]c1c([2H])c([2H])c(-c2ccc3c4c(cccc24)-c2cc(-c4nc(-c5ccccc5)nc(-c5ccc(-c6ccccc6)cc5)n4)ccc2O3)c([2H])c1[2H]. The predicted octanol–water partition coefficient (Wildman–Crippen LogP) is 11.1. The first kappa shape index (κ1) is 22.2. The molecule has 0 spiro atoms. The fourth-order valence-corrected chi connectivity index (χ4v) is 6.17. The summed E-state index contributed by atoms with van der Waals surface area (Å²) in [7, 11) is 0. The van der Waals surface area contributed by atoms with Gasteiger partial charge in [0.05, 0.1) is 6.85 Å². The molecule has 9 rings (SSSR count). The van der Waals surface area contributed by atoms with Crippen LogP contribution >= 0.6 is 0 Å². The van der Waals surface area contributed by atoms with E-state index in [1.54, 1.807) is 12.1 Å². The van der Waals surface area contributed by atoms with Crippen molar-refractivity contribution in [1.82, 2.24) is 15.0 Å². The van der Waals surface area contributed by atoms with E-state index >= 15 is 0 Å². The Morgan fingerprint density at radius 1 is 0.404 bits per heavy atom. The highest BCUT2D eigenvalue weighted by molar-refractivity contribution is 6.10. The zero-order valence-electron chi connectivity index (χ0n) is 30.0. The molecule has 4 heteroatoms. The minimum atomic E-state index is -0.424. The van der Waals surface area contributed by atoms with Gasteiger partial charge in [0.2, 0.25) is 0 Å². The Kier molecular flexibility index (Phi) is 5.28. The van der Waals surface area contributed by atoms with Gasteiger partial charge in [-0.2, -0.15) is 0 Å². The molecule has 0 amide bonds.